The van der Waals surface area contributed by atoms with Gasteiger partial charge in [-0.25, -0.2) is 4.79 Å². The molecule has 0 radical (unpaired) electrons. The Hall–Kier alpha value is -1.52. The Morgan fingerprint density at radius 2 is 2.21 bits per heavy atom. The highest BCUT2D eigenvalue weighted by Crippen LogP contribution is 2.38. The zero-order chi connectivity index (χ0) is 14.0. The summed E-state index contributed by atoms with van der Waals surface area (Å²) in [6, 6.07) is 7.54. The number of benzene rings is 1. The van der Waals surface area contributed by atoms with Crippen LogP contribution in [0.5, 0.6) is 0 Å². The van der Waals surface area contributed by atoms with Crippen LogP contribution in [-0.2, 0) is 4.74 Å². The lowest BCUT2D eigenvalue weighted by atomic mass is 10.1. The zero-order valence-electron chi connectivity index (χ0n) is 10.7. The molecule has 0 aliphatic rings. The second kappa shape index (κ2) is 5.63. The van der Waals surface area contributed by atoms with Gasteiger partial charge in [-0.15, -0.1) is 11.3 Å². The molecule has 0 saturated heterocycles. The fourth-order valence-electron chi connectivity index (χ4n) is 1.73. The number of hydrogen-bond acceptors (Lipinski definition) is 4. The summed E-state index contributed by atoms with van der Waals surface area (Å²) in [5, 5.41) is 0.680. The Morgan fingerprint density at radius 1 is 1.47 bits per heavy atom. The summed E-state index contributed by atoms with van der Waals surface area (Å²) in [4.78, 5) is 13.0. The molecule has 19 heavy (non-hydrogen) atoms. The Balaban J connectivity index is 2.45. The van der Waals surface area contributed by atoms with Crippen molar-refractivity contribution in [1.29, 1.82) is 0 Å². The van der Waals surface area contributed by atoms with Crippen molar-refractivity contribution >= 4 is 34.6 Å². The van der Waals surface area contributed by atoms with E-state index in [2.05, 4.69) is 0 Å². The first kappa shape index (κ1) is 13.9. The summed E-state index contributed by atoms with van der Waals surface area (Å²) < 4.78 is 4.97. The predicted molar refractivity (Wildman–Crippen MR) is 79.9 cm³/mol. The van der Waals surface area contributed by atoms with E-state index in [1.165, 1.54) is 11.3 Å². The van der Waals surface area contributed by atoms with Crippen molar-refractivity contribution in [2.24, 2.45) is 0 Å². The minimum Gasteiger partial charge on any atom is -0.462 e. The van der Waals surface area contributed by atoms with Crippen molar-refractivity contribution in [3.8, 4) is 10.4 Å². The Morgan fingerprint density at radius 3 is 2.89 bits per heavy atom. The average Bonchev–Trinajstić information content (AvgIpc) is 2.75. The molecule has 2 rings (SSSR count). The largest absolute Gasteiger partial charge is 0.462 e. The van der Waals surface area contributed by atoms with E-state index in [9.17, 15) is 4.79 Å². The number of anilines is 1. The molecule has 2 N–H and O–H groups in total. The van der Waals surface area contributed by atoms with E-state index in [0.717, 1.165) is 16.0 Å². The molecule has 0 aliphatic heterocycles. The van der Waals surface area contributed by atoms with Gasteiger partial charge in [0.2, 0.25) is 0 Å². The lowest BCUT2D eigenvalue weighted by Crippen LogP contribution is -2.04. The monoisotopic (exact) mass is 295 g/mol. The Kier molecular flexibility index (Phi) is 4.12. The molecule has 0 fully saturated rings. The lowest BCUT2D eigenvalue weighted by molar-refractivity contribution is 0.0533. The van der Waals surface area contributed by atoms with Gasteiger partial charge in [-0.3, -0.25) is 0 Å². The zero-order valence-corrected chi connectivity index (χ0v) is 12.3. The molecule has 0 saturated carbocycles. The smallest absolute Gasteiger partial charge is 0.350 e. The first-order chi connectivity index (χ1) is 9.04. The van der Waals surface area contributed by atoms with E-state index >= 15 is 0 Å². The molecule has 0 spiro atoms. The molecular weight excluding hydrogens is 282 g/mol. The SMILES string of the molecule is CCOC(=O)c1sc(-c2cccc(C)c2Cl)cc1N. The van der Waals surface area contributed by atoms with Crippen LogP contribution in [0.2, 0.25) is 5.02 Å². The van der Waals surface area contributed by atoms with Crippen molar-refractivity contribution in [1.82, 2.24) is 0 Å². The first-order valence-corrected chi connectivity index (χ1v) is 7.06. The van der Waals surface area contributed by atoms with Crippen LogP contribution in [0.1, 0.15) is 22.2 Å². The van der Waals surface area contributed by atoms with Gasteiger partial charge in [-0.1, -0.05) is 29.8 Å². The molecule has 0 aliphatic carbocycles. The van der Waals surface area contributed by atoms with Crippen LogP contribution in [-0.4, -0.2) is 12.6 Å². The van der Waals surface area contributed by atoms with Crippen LogP contribution in [0.4, 0.5) is 5.69 Å². The number of aryl methyl sites for hydroxylation is 1. The van der Waals surface area contributed by atoms with Crippen LogP contribution < -0.4 is 5.73 Å². The molecular formula is C14H14ClNO2S. The van der Waals surface area contributed by atoms with Crippen LogP contribution in [0.15, 0.2) is 24.3 Å². The number of rotatable bonds is 3. The first-order valence-electron chi connectivity index (χ1n) is 5.86. The van der Waals surface area contributed by atoms with Crippen LogP contribution in [0, 0.1) is 6.92 Å². The highest BCUT2D eigenvalue weighted by atomic mass is 35.5. The molecule has 3 nitrogen and oxygen atoms in total. The fraction of sp³-hybridized carbons (Fsp3) is 0.214. The van der Waals surface area contributed by atoms with Gasteiger partial charge in [0.1, 0.15) is 4.88 Å². The number of hydrogen-bond donors (Lipinski definition) is 1. The molecule has 0 unspecified atom stereocenters. The standard InChI is InChI=1S/C14H14ClNO2S/c1-3-18-14(17)13-10(16)7-11(19-13)9-6-4-5-8(2)12(9)15/h4-7H,3,16H2,1-2H3. The molecule has 100 valence electrons. The predicted octanol–water partition coefficient (Wildman–Crippen LogP) is 4.14. The molecule has 2 aromatic rings. The Labute approximate surface area is 121 Å². The molecule has 0 bridgehead atoms. The van der Waals surface area contributed by atoms with Crippen LogP contribution >= 0.6 is 22.9 Å². The molecule has 1 heterocycles. The number of thiophene rings is 1. The van der Waals surface area contributed by atoms with E-state index in [4.69, 9.17) is 22.1 Å². The maximum Gasteiger partial charge on any atom is 0.350 e. The highest BCUT2D eigenvalue weighted by molar-refractivity contribution is 7.18. The van der Waals surface area contributed by atoms with Crippen LogP contribution in [0.25, 0.3) is 10.4 Å². The van der Waals surface area contributed by atoms with E-state index < -0.39 is 0 Å². The maximum absolute atomic E-state index is 11.7. The Bertz CT molecular complexity index is 622. The summed E-state index contributed by atoms with van der Waals surface area (Å²) in [7, 11) is 0. The number of nitrogens with two attached hydrogens (primary N) is 1. The molecule has 1 aromatic heterocycles. The van der Waals surface area contributed by atoms with Gasteiger partial charge < -0.3 is 10.5 Å². The maximum atomic E-state index is 11.7. The summed E-state index contributed by atoms with van der Waals surface area (Å²) >= 11 is 7.58. The fourth-order valence-corrected chi connectivity index (χ4v) is 3.02. The van der Waals surface area contributed by atoms with Gasteiger partial charge in [0.05, 0.1) is 17.3 Å². The number of halogens is 1. The summed E-state index contributed by atoms with van der Waals surface area (Å²) in [6.07, 6.45) is 0. The summed E-state index contributed by atoms with van der Waals surface area (Å²) in [5.74, 6) is -0.389. The van der Waals surface area contributed by atoms with Crippen molar-refractivity contribution in [3.05, 3.63) is 39.7 Å². The third-order valence-corrected chi connectivity index (χ3v) is 4.34. The van der Waals surface area contributed by atoms with E-state index in [-0.39, 0.29) is 5.97 Å². The van der Waals surface area contributed by atoms with Gasteiger partial charge in [-0.2, -0.15) is 0 Å². The average molecular weight is 296 g/mol. The minimum absolute atomic E-state index is 0.330. The number of carbonyl (C=O) groups excluding carboxylic acids is 1. The lowest BCUT2D eigenvalue weighted by Gasteiger charge is -2.03. The minimum atomic E-state index is -0.389. The summed E-state index contributed by atoms with van der Waals surface area (Å²) in [5.41, 5.74) is 8.16. The van der Waals surface area contributed by atoms with Crippen molar-refractivity contribution in [2.45, 2.75) is 13.8 Å². The highest BCUT2D eigenvalue weighted by Gasteiger charge is 2.17. The molecule has 0 atom stereocenters. The van der Waals surface area contributed by atoms with Crippen LogP contribution in [0.3, 0.4) is 0 Å². The van der Waals surface area contributed by atoms with E-state index in [1.54, 1.807) is 13.0 Å². The van der Waals surface area contributed by atoms with E-state index in [1.807, 2.05) is 25.1 Å². The number of carbonyl (C=O) groups is 1. The second-order valence-corrected chi connectivity index (χ2v) is 5.48. The van der Waals surface area contributed by atoms with Gasteiger partial charge in [0.15, 0.2) is 0 Å². The third kappa shape index (κ3) is 2.74. The third-order valence-electron chi connectivity index (χ3n) is 2.68. The van der Waals surface area contributed by atoms with Gasteiger partial charge in [0.25, 0.3) is 0 Å². The molecule has 0 amide bonds. The van der Waals surface area contributed by atoms with Crippen molar-refractivity contribution in [2.75, 3.05) is 12.3 Å². The van der Waals surface area contributed by atoms with Crippen molar-refractivity contribution in [3.63, 3.8) is 0 Å². The van der Waals surface area contributed by atoms with Gasteiger partial charge in [0, 0.05) is 10.4 Å². The quantitative estimate of drug-likeness (QED) is 0.866. The number of nitrogen functional groups attached to an aromatic ring is 1. The normalized spacial score (nSPS) is 10.5. The topological polar surface area (TPSA) is 52.3 Å². The van der Waals surface area contributed by atoms with Crippen molar-refractivity contribution < 1.29 is 9.53 Å². The number of ether oxygens (including phenoxy) is 1. The molecule has 5 heteroatoms. The second-order valence-electron chi connectivity index (χ2n) is 4.05. The van der Waals surface area contributed by atoms with Gasteiger partial charge >= 0.3 is 5.97 Å². The van der Waals surface area contributed by atoms with Gasteiger partial charge in [-0.05, 0) is 25.5 Å². The number of esters is 1. The molecule has 1 aromatic carbocycles. The van der Waals surface area contributed by atoms with E-state index in [0.29, 0.717) is 22.2 Å². The summed E-state index contributed by atoms with van der Waals surface area (Å²) in [6.45, 7) is 4.03.